The van der Waals surface area contributed by atoms with E-state index in [0.717, 1.165) is 0 Å². The van der Waals surface area contributed by atoms with Crippen LogP contribution in [0.5, 0.6) is 0 Å². The topological polar surface area (TPSA) is 144 Å². The number of nitrogens with one attached hydrogen (secondary N) is 3. The number of amides is 4. The van der Waals surface area contributed by atoms with Gasteiger partial charge in [0.1, 0.15) is 11.7 Å². The smallest absolute Gasteiger partial charge is 0.312 e. The monoisotopic (exact) mass is 367 g/mol. The summed E-state index contributed by atoms with van der Waals surface area (Å²) in [5.74, 6) is -0.216. The molecule has 0 bridgehead atoms. The van der Waals surface area contributed by atoms with Gasteiger partial charge in [0.15, 0.2) is 0 Å². The van der Waals surface area contributed by atoms with Gasteiger partial charge < -0.3 is 21.7 Å². The molecular formula is C16H29N7O3. The first-order valence-electron chi connectivity index (χ1n) is 8.76. The van der Waals surface area contributed by atoms with Gasteiger partial charge in [-0.05, 0) is 25.7 Å². The molecule has 1 aromatic rings. The third-order valence-electron chi connectivity index (χ3n) is 3.80. The molecule has 0 saturated carbocycles. The van der Waals surface area contributed by atoms with E-state index in [1.54, 1.807) is 6.20 Å². The molecule has 0 saturated heterocycles. The zero-order valence-electron chi connectivity index (χ0n) is 15.8. The van der Waals surface area contributed by atoms with E-state index in [2.05, 4.69) is 26.3 Å². The second-order valence-corrected chi connectivity index (χ2v) is 6.39. The van der Waals surface area contributed by atoms with Crippen molar-refractivity contribution in [2.24, 2.45) is 11.7 Å². The molecule has 2 atom stereocenters. The number of rotatable bonds is 10. The highest BCUT2D eigenvalue weighted by molar-refractivity contribution is 5.80. The van der Waals surface area contributed by atoms with Crippen LogP contribution in [0.15, 0.2) is 6.20 Å². The molecule has 5 N–H and O–H groups in total. The lowest BCUT2D eigenvalue weighted by atomic mass is 10.0. The Kier molecular flexibility index (Phi) is 8.53. The van der Waals surface area contributed by atoms with Gasteiger partial charge in [0, 0.05) is 20.0 Å². The van der Waals surface area contributed by atoms with Crippen LogP contribution in [0.4, 0.5) is 4.79 Å². The maximum atomic E-state index is 12.4. The number of hydrogen-bond donors (Lipinski definition) is 4. The number of carbonyl (C=O) groups excluding carboxylic acids is 3. The SMILES string of the molecule is CCNC(=O)[C@H](CCCNC(N)=O)n1cc([C@@H](NC(C)=O)C(C)C)nn1. The fourth-order valence-electron chi connectivity index (χ4n) is 2.57. The zero-order chi connectivity index (χ0) is 19.7. The van der Waals surface area contributed by atoms with E-state index in [-0.39, 0.29) is 23.8 Å². The van der Waals surface area contributed by atoms with E-state index in [9.17, 15) is 14.4 Å². The third kappa shape index (κ3) is 6.69. The number of primary amides is 1. The first-order valence-corrected chi connectivity index (χ1v) is 8.76. The molecule has 0 unspecified atom stereocenters. The Labute approximate surface area is 153 Å². The molecule has 0 spiro atoms. The van der Waals surface area contributed by atoms with Crippen LogP contribution >= 0.6 is 0 Å². The van der Waals surface area contributed by atoms with Crippen molar-refractivity contribution in [1.29, 1.82) is 0 Å². The number of nitrogens with two attached hydrogens (primary N) is 1. The summed E-state index contributed by atoms with van der Waals surface area (Å²) in [4.78, 5) is 34.6. The van der Waals surface area contributed by atoms with Gasteiger partial charge in [-0.2, -0.15) is 0 Å². The highest BCUT2D eigenvalue weighted by atomic mass is 16.2. The lowest BCUT2D eigenvalue weighted by Crippen LogP contribution is -2.34. The summed E-state index contributed by atoms with van der Waals surface area (Å²) in [7, 11) is 0. The molecule has 146 valence electrons. The van der Waals surface area contributed by atoms with Crippen molar-refractivity contribution in [1.82, 2.24) is 30.9 Å². The molecule has 0 fully saturated rings. The molecular weight excluding hydrogens is 338 g/mol. The molecule has 1 rings (SSSR count). The van der Waals surface area contributed by atoms with Crippen molar-refractivity contribution < 1.29 is 14.4 Å². The first-order chi connectivity index (χ1) is 12.3. The Morgan fingerprint density at radius 3 is 2.50 bits per heavy atom. The Balaban J connectivity index is 2.92. The maximum absolute atomic E-state index is 12.4. The molecule has 0 aliphatic rings. The second-order valence-electron chi connectivity index (χ2n) is 6.39. The lowest BCUT2D eigenvalue weighted by molar-refractivity contribution is -0.124. The molecule has 0 aliphatic carbocycles. The first kappa shape index (κ1) is 21.4. The summed E-state index contributed by atoms with van der Waals surface area (Å²) in [5, 5.41) is 16.4. The number of likely N-dealkylation sites (N-methyl/N-ethyl adjacent to an activating group) is 1. The Morgan fingerprint density at radius 1 is 1.27 bits per heavy atom. The van der Waals surface area contributed by atoms with Crippen LogP contribution in [0.2, 0.25) is 0 Å². The van der Waals surface area contributed by atoms with Crippen LogP contribution in [-0.2, 0) is 9.59 Å². The van der Waals surface area contributed by atoms with Gasteiger partial charge in [-0.15, -0.1) is 5.10 Å². The number of hydrogen-bond acceptors (Lipinski definition) is 5. The highest BCUT2D eigenvalue weighted by Crippen LogP contribution is 2.21. The van der Waals surface area contributed by atoms with Crippen molar-refractivity contribution in [3.63, 3.8) is 0 Å². The van der Waals surface area contributed by atoms with Crippen LogP contribution in [0.3, 0.4) is 0 Å². The minimum atomic E-state index is -0.599. The third-order valence-corrected chi connectivity index (χ3v) is 3.80. The maximum Gasteiger partial charge on any atom is 0.312 e. The molecule has 0 aromatic carbocycles. The summed E-state index contributed by atoms with van der Waals surface area (Å²) in [6.45, 7) is 8.09. The van der Waals surface area contributed by atoms with Crippen molar-refractivity contribution >= 4 is 17.8 Å². The molecule has 4 amide bonds. The zero-order valence-corrected chi connectivity index (χ0v) is 15.8. The molecule has 0 aliphatic heterocycles. The van der Waals surface area contributed by atoms with Gasteiger partial charge in [0.25, 0.3) is 0 Å². The molecule has 26 heavy (non-hydrogen) atoms. The Morgan fingerprint density at radius 2 is 1.96 bits per heavy atom. The minimum absolute atomic E-state index is 0.117. The van der Waals surface area contributed by atoms with E-state index in [4.69, 9.17) is 5.73 Å². The normalized spacial score (nSPS) is 13.1. The van der Waals surface area contributed by atoms with Crippen molar-refractivity contribution in [2.45, 2.75) is 52.6 Å². The van der Waals surface area contributed by atoms with E-state index >= 15 is 0 Å². The van der Waals surface area contributed by atoms with Gasteiger partial charge in [-0.1, -0.05) is 19.1 Å². The summed E-state index contributed by atoms with van der Waals surface area (Å²) in [6, 6.07) is -1.44. The number of urea groups is 1. The summed E-state index contributed by atoms with van der Waals surface area (Å²) >= 11 is 0. The average Bonchev–Trinajstić information content (AvgIpc) is 3.01. The van der Waals surface area contributed by atoms with E-state index in [0.29, 0.717) is 31.6 Å². The number of nitrogens with zero attached hydrogens (tertiary/aromatic N) is 3. The predicted octanol–water partition coefficient (Wildman–Crippen LogP) is 0.237. The Bertz CT molecular complexity index is 615. The van der Waals surface area contributed by atoms with Gasteiger partial charge >= 0.3 is 6.03 Å². The predicted molar refractivity (Wildman–Crippen MR) is 96.0 cm³/mol. The quantitative estimate of drug-likeness (QED) is 0.438. The second kappa shape index (κ2) is 10.4. The molecule has 1 aromatic heterocycles. The molecule has 0 radical (unpaired) electrons. The van der Waals surface area contributed by atoms with Crippen LogP contribution in [0.25, 0.3) is 0 Å². The van der Waals surface area contributed by atoms with Gasteiger partial charge in [-0.25, -0.2) is 9.48 Å². The average molecular weight is 367 g/mol. The summed E-state index contributed by atoms with van der Waals surface area (Å²) < 4.78 is 1.50. The fraction of sp³-hybridized carbons (Fsp3) is 0.688. The molecule has 10 nitrogen and oxygen atoms in total. The van der Waals surface area contributed by atoms with E-state index in [1.165, 1.54) is 11.6 Å². The van der Waals surface area contributed by atoms with Crippen molar-refractivity contribution in [2.75, 3.05) is 13.1 Å². The van der Waals surface area contributed by atoms with Crippen LogP contribution in [-0.4, -0.2) is 45.9 Å². The van der Waals surface area contributed by atoms with Crippen molar-refractivity contribution in [3.8, 4) is 0 Å². The summed E-state index contributed by atoms with van der Waals surface area (Å²) in [5.41, 5.74) is 5.64. The number of carbonyl (C=O) groups is 3. The highest BCUT2D eigenvalue weighted by Gasteiger charge is 2.25. The number of aromatic nitrogens is 3. The fourth-order valence-corrected chi connectivity index (χ4v) is 2.57. The Hall–Kier alpha value is -2.65. The van der Waals surface area contributed by atoms with Crippen LogP contribution in [0.1, 0.15) is 58.3 Å². The standard InChI is InChI=1S/C16H29N7O3/c1-5-18-15(25)13(7-6-8-19-16(17)26)23-9-12(21-22-23)14(10(2)3)20-11(4)24/h9-10,13-14H,5-8H2,1-4H3,(H,18,25)(H,20,24)(H3,17,19,26)/t13-,14-/m0/s1. The van der Waals surface area contributed by atoms with Gasteiger partial charge in [0.05, 0.1) is 12.2 Å². The van der Waals surface area contributed by atoms with Crippen LogP contribution in [0, 0.1) is 5.92 Å². The van der Waals surface area contributed by atoms with Crippen molar-refractivity contribution in [3.05, 3.63) is 11.9 Å². The van der Waals surface area contributed by atoms with E-state index in [1.807, 2.05) is 20.8 Å². The molecule has 1 heterocycles. The lowest BCUT2D eigenvalue weighted by Gasteiger charge is -2.19. The molecule has 10 heteroatoms. The summed E-state index contributed by atoms with van der Waals surface area (Å²) in [6.07, 6.45) is 2.70. The van der Waals surface area contributed by atoms with Gasteiger partial charge in [0.2, 0.25) is 11.8 Å². The van der Waals surface area contributed by atoms with Gasteiger partial charge in [-0.3, -0.25) is 9.59 Å². The van der Waals surface area contributed by atoms with Crippen LogP contribution < -0.4 is 21.7 Å². The van der Waals surface area contributed by atoms with E-state index < -0.39 is 12.1 Å². The largest absolute Gasteiger partial charge is 0.355 e. The minimum Gasteiger partial charge on any atom is -0.355 e.